The van der Waals surface area contributed by atoms with Crippen LogP contribution < -0.4 is 11.1 Å². The van der Waals surface area contributed by atoms with Crippen molar-refractivity contribution in [3.63, 3.8) is 0 Å². The number of nitrogen functional groups attached to an aromatic ring is 1. The fourth-order valence-electron chi connectivity index (χ4n) is 2.48. The van der Waals surface area contributed by atoms with E-state index in [0.29, 0.717) is 16.8 Å². The summed E-state index contributed by atoms with van der Waals surface area (Å²) in [6.45, 7) is -0.415. The Kier molecular flexibility index (Phi) is 3.99. The molecule has 0 saturated carbocycles. The largest absolute Gasteiger partial charge is 0.480 e. The SMILES string of the molecule is Nc1ccc(-c2cnc(NCC(=O)O)c3cc(F)cc(F)c23)cc1. The highest BCUT2D eigenvalue weighted by Crippen LogP contribution is 2.34. The topological polar surface area (TPSA) is 88.2 Å². The monoisotopic (exact) mass is 329 g/mol. The van der Waals surface area contributed by atoms with Gasteiger partial charge < -0.3 is 16.2 Å². The van der Waals surface area contributed by atoms with E-state index in [1.807, 2.05) is 0 Å². The van der Waals surface area contributed by atoms with E-state index in [0.717, 1.165) is 12.1 Å². The molecule has 1 heterocycles. The number of benzene rings is 2. The average molecular weight is 329 g/mol. The zero-order valence-electron chi connectivity index (χ0n) is 12.4. The molecule has 0 unspecified atom stereocenters. The Morgan fingerprint density at radius 1 is 1.21 bits per heavy atom. The fourth-order valence-corrected chi connectivity index (χ4v) is 2.48. The molecule has 0 bridgehead atoms. The van der Waals surface area contributed by atoms with E-state index >= 15 is 0 Å². The fraction of sp³-hybridized carbons (Fsp3) is 0.0588. The number of halogens is 2. The highest BCUT2D eigenvalue weighted by molar-refractivity contribution is 6.02. The minimum atomic E-state index is -1.11. The van der Waals surface area contributed by atoms with Crippen molar-refractivity contribution in [2.45, 2.75) is 0 Å². The standard InChI is InChI=1S/C17H13F2N3O2/c18-10-5-12-16(14(19)6-10)13(9-1-3-11(20)4-2-9)7-21-17(12)22-8-15(23)24/h1-7H,8,20H2,(H,21,22)(H,23,24). The van der Waals surface area contributed by atoms with E-state index in [-0.39, 0.29) is 16.6 Å². The summed E-state index contributed by atoms with van der Waals surface area (Å²) in [5, 5.41) is 11.7. The van der Waals surface area contributed by atoms with Crippen molar-refractivity contribution in [1.82, 2.24) is 4.98 Å². The van der Waals surface area contributed by atoms with Gasteiger partial charge >= 0.3 is 5.97 Å². The molecule has 4 N–H and O–H groups in total. The maximum Gasteiger partial charge on any atom is 0.322 e. The van der Waals surface area contributed by atoms with E-state index in [2.05, 4.69) is 10.3 Å². The molecule has 0 spiro atoms. The zero-order chi connectivity index (χ0) is 17.3. The third-order valence-electron chi connectivity index (χ3n) is 3.53. The van der Waals surface area contributed by atoms with Crippen molar-refractivity contribution < 1.29 is 18.7 Å². The second-order valence-electron chi connectivity index (χ2n) is 5.20. The van der Waals surface area contributed by atoms with Crippen LogP contribution in [0.3, 0.4) is 0 Å². The molecule has 122 valence electrons. The molecule has 5 nitrogen and oxygen atoms in total. The molecule has 0 amide bonds. The number of rotatable bonds is 4. The van der Waals surface area contributed by atoms with Gasteiger partial charge in [-0.25, -0.2) is 13.8 Å². The second-order valence-corrected chi connectivity index (χ2v) is 5.20. The van der Waals surface area contributed by atoms with Crippen molar-refractivity contribution in [3.05, 3.63) is 54.2 Å². The van der Waals surface area contributed by atoms with E-state index in [1.54, 1.807) is 24.3 Å². The Morgan fingerprint density at radius 2 is 1.92 bits per heavy atom. The first-order valence-electron chi connectivity index (χ1n) is 7.05. The third kappa shape index (κ3) is 2.96. The molecular weight excluding hydrogens is 316 g/mol. The summed E-state index contributed by atoms with van der Waals surface area (Å²) in [6.07, 6.45) is 1.42. The normalized spacial score (nSPS) is 10.8. The number of anilines is 2. The van der Waals surface area contributed by atoms with Crippen LogP contribution in [0, 0.1) is 11.6 Å². The molecular formula is C17H13F2N3O2. The number of pyridine rings is 1. The molecule has 0 aliphatic carbocycles. The van der Waals surface area contributed by atoms with Gasteiger partial charge in [0.1, 0.15) is 24.0 Å². The summed E-state index contributed by atoms with van der Waals surface area (Å²) in [6, 6.07) is 8.65. The number of carboxylic acids is 1. The van der Waals surface area contributed by atoms with Gasteiger partial charge in [-0.2, -0.15) is 0 Å². The summed E-state index contributed by atoms with van der Waals surface area (Å²) < 4.78 is 28.0. The first kappa shape index (κ1) is 15.7. The molecule has 2 aromatic carbocycles. The van der Waals surface area contributed by atoms with Gasteiger partial charge in [-0.3, -0.25) is 4.79 Å². The first-order valence-corrected chi connectivity index (χ1v) is 7.05. The number of nitrogens with two attached hydrogens (primary N) is 1. The van der Waals surface area contributed by atoms with Gasteiger partial charge in [0.15, 0.2) is 0 Å². The minimum absolute atomic E-state index is 0.102. The number of fused-ring (bicyclic) bond motifs is 1. The van der Waals surface area contributed by atoms with Crippen LogP contribution in [-0.4, -0.2) is 22.6 Å². The van der Waals surface area contributed by atoms with Crippen LogP contribution in [0.4, 0.5) is 20.3 Å². The van der Waals surface area contributed by atoms with Gasteiger partial charge in [0.2, 0.25) is 0 Å². The number of nitrogens with one attached hydrogen (secondary N) is 1. The highest BCUT2D eigenvalue weighted by atomic mass is 19.1. The van der Waals surface area contributed by atoms with E-state index in [4.69, 9.17) is 10.8 Å². The Morgan fingerprint density at radius 3 is 2.58 bits per heavy atom. The van der Waals surface area contributed by atoms with Crippen molar-refractivity contribution in [2.24, 2.45) is 0 Å². The number of aliphatic carboxylic acids is 1. The molecule has 0 radical (unpaired) electrons. The van der Waals surface area contributed by atoms with Gasteiger partial charge in [0.25, 0.3) is 0 Å². The Hall–Kier alpha value is -3.22. The number of aromatic nitrogens is 1. The van der Waals surface area contributed by atoms with Crippen LogP contribution in [0.2, 0.25) is 0 Å². The summed E-state index contributed by atoms with van der Waals surface area (Å²) in [5.74, 6) is -2.53. The molecule has 3 rings (SSSR count). The van der Waals surface area contributed by atoms with Gasteiger partial charge in [-0.15, -0.1) is 0 Å². The molecule has 0 saturated heterocycles. The van der Waals surface area contributed by atoms with Crippen molar-refractivity contribution in [3.8, 4) is 11.1 Å². The summed E-state index contributed by atoms with van der Waals surface area (Å²) >= 11 is 0. The van der Waals surface area contributed by atoms with E-state index < -0.39 is 24.1 Å². The van der Waals surface area contributed by atoms with Gasteiger partial charge in [-0.05, 0) is 23.8 Å². The Bertz CT molecular complexity index is 927. The van der Waals surface area contributed by atoms with E-state index in [1.165, 1.54) is 6.20 Å². The lowest BCUT2D eigenvalue weighted by Crippen LogP contribution is -2.13. The number of carboxylic acid groups (broad SMARTS) is 1. The van der Waals surface area contributed by atoms with Crippen LogP contribution in [0.1, 0.15) is 0 Å². The van der Waals surface area contributed by atoms with E-state index in [9.17, 15) is 13.6 Å². The molecule has 0 aliphatic heterocycles. The summed E-state index contributed by atoms with van der Waals surface area (Å²) in [5.41, 5.74) is 7.34. The Balaban J connectivity index is 2.23. The molecule has 3 aromatic rings. The summed E-state index contributed by atoms with van der Waals surface area (Å²) in [7, 11) is 0. The van der Waals surface area contributed by atoms with Gasteiger partial charge in [0.05, 0.1) is 0 Å². The quantitative estimate of drug-likeness (QED) is 0.639. The van der Waals surface area contributed by atoms with Crippen LogP contribution in [-0.2, 0) is 4.79 Å². The number of nitrogens with zero attached hydrogens (tertiary/aromatic N) is 1. The molecule has 0 atom stereocenters. The molecule has 7 heteroatoms. The number of carbonyl (C=O) groups is 1. The summed E-state index contributed by atoms with van der Waals surface area (Å²) in [4.78, 5) is 14.8. The molecule has 0 fully saturated rings. The maximum atomic E-state index is 14.4. The van der Waals surface area contributed by atoms with Crippen LogP contribution in [0.25, 0.3) is 21.9 Å². The van der Waals surface area contributed by atoms with Crippen molar-refractivity contribution in [1.29, 1.82) is 0 Å². The highest BCUT2D eigenvalue weighted by Gasteiger charge is 2.15. The van der Waals surface area contributed by atoms with Crippen LogP contribution in [0.5, 0.6) is 0 Å². The average Bonchev–Trinajstić information content (AvgIpc) is 2.53. The van der Waals surface area contributed by atoms with Gasteiger partial charge in [-0.1, -0.05) is 12.1 Å². The van der Waals surface area contributed by atoms with Crippen molar-refractivity contribution in [2.75, 3.05) is 17.6 Å². The van der Waals surface area contributed by atoms with Crippen molar-refractivity contribution >= 4 is 28.2 Å². The molecule has 1 aromatic heterocycles. The minimum Gasteiger partial charge on any atom is -0.480 e. The lowest BCUT2D eigenvalue weighted by atomic mass is 9.99. The predicted molar refractivity (Wildman–Crippen MR) is 87.6 cm³/mol. The third-order valence-corrected chi connectivity index (χ3v) is 3.53. The number of hydrogen-bond donors (Lipinski definition) is 3. The number of hydrogen-bond acceptors (Lipinski definition) is 4. The lowest BCUT2D eigenvalue weighted by Gasteiger charge is -2.12. The van der Waals surface area contributed by atoms with Gasteiger partial charge in [0, 0.05) is 34.3 Å². The lowest BCUT2D eigenvalue weighted by molar-refractivity contribution is -0.134. The first-order chi connectivity index (χ1) is 11.5. The maximum absolute atomic E-state index is 14.4. The zero-order valence-corrected chi connectivity index (χ0v) is 12.4. The van der Waals surface area contributed by atoms with Crippen LogP contribution >= 0.6 is 0 Å². The second kappa shape index (κ2) is 6.11. The molecule has 24 heavy (non-hydrogen) atoms. The Labute approximate surface area is 135 Å². The van der Waals surface area contributed by atoms with Crippen LogP contribution in [0.15, 0.2) is 42.6 Å². The molecule has 0 aliphatic rings. The predicted octanol–water partition coefficient (Wildman–Crippen LogP) is 3.26. The smallest absolute Gasteiger partial charge is 0.322 e.